The van der Waals surface area contributed by atoms with Crippen LogP contribution in [-0.2, 0) is 16.4 Å². The fraction of sp³-hybridized carbons (Fsp3) is 0.267. The lowest BCUT2D eigenvalue weighted by Gasteiger charge is -2.10. The summed E-state index contributed by atoms with van der Waals surface area (Å²) in [5.74, 6) is 1.24. The van der Waals surface area contributed by atoms with Crippen molar-refractivity contribution in [2.45, 2.75) is 11.3 Å². The number of ether oxygens (including phenoxy) is 2. The van der Waals surface area contributed by atoms with E-state index in [0.29, 0.717) is 17.9 Å². The van der Waals surface area contributed by atoms with Crippen LogP contribution in [0.15, 0.2) is 41.4 Å². The number of benzene rings is 1. The molecule has 0 radical (unpaired) electrons. The highest BCUT2D eigenvalue weighted by Crippen LogP contribution is 2.27. The van der Waals surface area contributed by atoms with E-state index in [-0.39, 0.29) is 16.6 Å². The SMILES string of the molecule is COc1ccc(CCNS(=O)(=O)c2ccc(Cl)nc2)cc1OC. The van der Waals surface area contributed by atoms with Crippen molar-refractivity contribution >= 4 is 21.6 Å². The molecular formula is C15H17ClN2O4S. The van der Waals surface area contributed by atoms with Gasteiger partial charge in [-0.3, -0.25) is 0 Å². The second-order valence-electron chi connectivity index (χ2n) is 4.65. The molecule has 0 saturated heterocycles. The van der Waals surface area contributed by atoms with E-state index in [9.17, 15) is 8.42 Å². The highest BCUT2D eigenvalue weighted by Gasteiger charge is 2.14. The Balaban J connectivity index is 2.00. The minimum absolute atomic E-state index is 0.0780. The number of rotatable bonds is 7. The molecule has 23 heavy (non-hydrogen) atoms. The molecule has 1 N–H and O–H groups in total. The van der Waals surface area contributed by atoms with Gasteiger partial charge in [-0.25, -0.2) is 18.1 Å². The summed E-state index contributed by atoms with van der Waals surface area (Å²) in [6.07, 6.45) is 1.74. The van der Waals surface area contributed by atoms with Gasteiger partial charge in [0.05, 0.1) is 14.2 Å². The number of methoxy groups -OCH3 is 2. The van der Waals surface area contributed by atoms with Gasteiger partial charge in [-0.1, -0.05) is 17.7 Å². The minimum Gasteiger partial charge on any atom is -0.493 e. The summed E-state index contributed by atoms with van der Waals surface area (Å²) in [6.45, 7) is 0.250. The van der Waals surface area contributed by atoms with Crippen LogP contribution in [0.2, 0.25) is 5.15 Å². The van der Waals surface area contributed by atoms with Crippen molar-refractivity contribution in [3.63, 3.8) is 0 Å². The third kappa shape index (κ3) is 4.57. The highest BCUT2D eigenvalue weighted by atomic mass is 35.5. The van der Waals surface area contributed by atoms with E-state index in [0.717, 1.165) is 5.56 Å². The number of nitrogens with one attached hydrogen (secondary N) is 1. The Morgan fingerprint density at radius 3 is 2.48 bits per heavy atom. The molecule has 2 rings (SSSR count). The smallest absolute Gasteiger partial charge is 0.242 e. The van der Waals surface area contributed by atoms with Gasteiger partial charge in [-0.15, -0.1) is 0 Å². The Bertz CT molecular complexity index is 764. The van der Waals surface area contributed by atoms with Crippen LogP contribution in [0, 0.1) is 0 Å². The van der Waals surface area contributed by atoms with Gasteiger partial charge in [-0.2, -0.15) is 0 Å². The molecule has 0 spiro atoms. The molecule has 8 heteroatoms. The van der Waals surface area contributed by atoms with Crippen LogP contribution in [0.5, 0.6) is 11.5 Å². The first kappa shape index (κ1) is 17.5. The summed E-state index contributed by atoms with van der Waals surface area (Å²) in [4.78, 5) is 3.85. The Kier molecular flexibility index (Phi) is 5.81. The van der Waals surface area contributed by atoms with E-state index in [1.54, 1.807) is 20.3 Å². The van der Waals surface area contributed by atoms with E-state index in [2.05, 4.69) is 9.71 Å². The maximum Gasteiger partial charge on any atom is 0.242 e. The zero-order valence-electron chi connectivity index (χ0n) is 12.7. The van der Waals surface area contributed by atoms with Crippen LogP contribution in [0.4, 0.5) is 0 Å². The molecule has 2 aromatic rings. The minimum atomic E-state index is -3.60. The molecule has 0 unspecified atom stereocenters. The highest BCUT2D eigenvalue weighted by molar-refractivity contribution is 7.89. The van der Waals surface area contributed by atoms with Crippen molar-refractivity contribution in [1.82, 2.24) is 9.71 Å². The normalized spacial score (nSPS) is 11.3. The molecule has 0 aliphatic heterocycles. The number of sulfonamides is 1. The van der Waals surface area contributed by atoms with Gasteiger partial charge in [0.25, 0.3) is 0 Å². The standard InChI is InChI=1S/C15H17ClN2O4S/c1-21-13-5-3-11(9-14(13)22-2)7-8-18-23(19,20)12-4-6-15(16)17-10-12/h3-6,9-10,18H,7-8H2,1-2H3. The van der Waals surface area contributed by atoms with Crippen molar-refractivity contribution in [1.29, 1.82) is 0 Å². The maximum absolute atomic E-state index is 12.1. The maximum atomic E-state index is 12.1. The fourth-order valence-corrected chi connectivity index (χ4v) is 3.06. The molecule has 0 aliphatic rings. The molecule has 0 atom stereocenters. The summed E-state index contributed by atoms with van der Waals surface area (Å²) in [6, 6.07) is 8.31. The van der Waals surface area contributed by atoms with E-state index >= 15 is 0 Å². The lowest BCUT2D eigenvalue weighted by atomic mass is 10.1. The third-order valence-electron chi connectivity index (χ3n) is 3.16. The molecule has 0 fully saturated rings. The van der Waals surface area contributed by atoms with Crippen LogP contribution in [0.1, 0.15) is 5.56 Å². The van der Waals surface area contributed by atoms with Crippen molar-refractivity contribution in [3.05, 3.63) is 47.2 Å². The number of halogens is 1. The van der Waals surface area contributed by atoms with Crippen molar-refractivity contribution in [2.24, 2.45) is 0 Å². The average molecular weight is 357 g/mol. The first-order valence-corrected chi connectivity index (χ1v) is 8.64. The second kappa shape index (κ2) is 7.63. The lowest BCUT2D eigenvalue weighted by Crippen LogP contribution is -2.26. The predicted molar refractivity (Wildman–Crippen MR) is 87.7 cm³/mol. The Morgan fingerprint density at radius 2 is 1.87 bits per heavy atom. The Labute approximate surface area is 140 Å². The summed E-state index contributed by atoms with van der Waals surface area (Å²) < 4.78 is 37.1. The topological polar surface area (TPSA) is 77.5 Å². The largest absolute Gasteiger partial charge is 0.493 e. The van der Waals surface area contributed by atoms with Gasteiger partial charge in [0.1, 0.15) is 10.0 Å². The monoisotopic (exact) mass is 356 g/mol. The summed E-state index contributed by atoms with van der Waals surface area (Å²) >= 11 is 5.65. The number of nitrogens with zero attached hydrogens (tertiary/aromatic N) is 1. The van der Waals surface area contributed by atoms with E-state index < -0.39 is 10.0 Å². The lowest BCUT2D eigenvalue weighted by molar-refractivity contribution is 0.354. The average Bonchev–Trinajstić information content (AvgIpc) is 2.55. The van der Waals surface area contributed by atoms with Crippen LogP contribution in [-0.4, -0.2) is 34.2 Å². The molecule has 124 valence electrons. The molecule has 1 aromatic carbocycles. The first-order valence-electron chi connectivity index (χ1n) is 6.78. The zero-order chi connectivity index (χ0) is 16.9. The first-order chi connectivity index (χ1) is 11.0. The van der Waals surface area contributed by atoms with E-state index in [4.69, 9.17) is 21.1 Å². The van der Waals surface area contributed by atoms with Gasteiger partial charge in [0, 0.05) is 12.7 Å². The van der Waals surface area contributed by atoms with E-state index in [1.807, 2.05) is 12.1 Å². The third-order valence-corrected chi connectivity index (χ3v) is 4.83. The van der Waals surface area contributed by atoms with Crippen LogP contribution >= 0.6 is 11.6 Å². The van der Waals surface area contributed by atoms with Gasteiger partial charge in [0.15, 0.2) is 11.5 Å². The predicted octanol–water partition coefficient (Wildman–Crippen LogP) is 2.27. The van der Waals surface area contributed by atoms with Crippen LogP contribution < -0.4 is 14.2 Å². The van der Waals surface area contributed by atoms with Crippen LogP contribution in [0.25, 0.3) is 0 Å². The van der Waals surface area contributed by atoms with Crippen molar-refractivity contribution in [3.8, 4) is 11.5 Å². The Hall–Kier alpha value is -1.83. The van der Waals surface area contributed by atoms with Crippen molar-refractivity contribution < 1.29 is 17.9 Å². The van der Waals surface area contributed by atoms with Gasteiger partial charge in [-0.05, 0) is 36.2 Å². The molecular weight excluding hydrogens is 340 g/mol. The number of aromatic nitrogens is 1. The summed E-state index contributed by atoms with van der Waals surface area (Å²) in [5, 5.41) is 0.245. The Morgan fingerprint density at radius 1 is 1.13 bits per heavy atom. The van der Waals surface area contributed by atoms with Gasteiger partial charge in [0.2, 0.25) is 10.0 Å². The number of pyridine rings is 1. The summed E-state index contributed by atoms with van der Waals surface area (Å²) in [5.41, 5.74) is 0.930. The molecule has 0 aliphatic carbocycles. The van der Waals surface area contributed by atoms with Crippen molar-refractivity contribution in [2.75, 3.05) is 20.8 Å². The quantitative estimate of drug-likeness (QED) is 0.770. The van der Waals surface area contributed by atoms with Crippen LogP contribution in [0.3, 0.4) is 0 Å². The fourth-order valence-electron chi connectivity index (χ4n) is 1.97. The number of hydrogen-bond acceptors (Lipinski definition) is 5. The summed E-state index contributed by atoms with van der Waals surface area (Å²) in [7, 11) is -0.488. The van der Waals surface area contributed by atoms with Gasteiger partial charge >= 0.3 is 0 Å². The molecule has 0 saturated carbocycles. The zero-order valence-corrected chi connectivity index (χ0v) is 14.3. The molecule has 0 amide bonds. The molecule has 1 heterocycles. The molecule has 0 bridgehead atoms. The van der Waals surface area contributed by atoms with Gasteiger partial charge < -0.3 is 9.47 Å². The molecule has 6 nitrogen and oxygen atoms in total. The number of hydrogen-bond donors (Lipinski definition) is 1. The molecule has 1 aromatic heterocycles. The van der Waals surface area contributed by atoms with E-state index in [1.165, 1.54) is 18.3 Å². The second-order valence-corrected chi connectivity index (χ2v) is 6.81.